The Morgan fingerprint density at radius 1 is 1.29 bits per heavy atom. The van der Waals surface area contributed by atoms with Gasteiger partial charge in [-0.25, -0.2) is 14.4 Å². The second-order valence-corrected chi connectivity index (χ2v) is 7.49. The summed E-state index contributed by atoms with van der Waals surface area (Å²) in [4.78, 5) is 35.6. The highest BCUT2D eigenvalue weighted by atomic mass is 19.1. The minimum Gasteiger partial charge on any atom is -0.335 e. The number of nitrogens with zero attached hydrogens (tertiary/aromatic N) is 3. The van der Waals surface area contributed by atoms with Crippen molar-refractivity contribution in [3.05, 3.63) is 47.8 Å². The Labute approximate surface area is 165 Å². The van der Waals surface area contributed by atoms with Crippen LogP contribution in [0.5, 0.6) is 0 Å². The summed E-state index contributed by atoms with van der Waals surface area (Å²) in [7, 11) is 0. The first kappa shape index (κ1) is 20.1. The van der Waals surface area contributed by atoms with Gasteiger partial charge in [-0.1, -0.05) is 26.0 Å². The van der Waals surface area contributed by atoms with Crippen molar-refractivity contribution in [2.45, 2.75) is 46.0 Å². The van der Waals surface area contributed by atoms with Crippen LogP contribution in [0, 0.1) is 18.7 Å². The molecule has 2 aromatic rings. The third-order valence-corrected chi connectivity index (χ3v) is 5.46. The van der Waals surface area contributed by atoms with E-state index in [1.165, 1.54) is 12.1 Å². The number of piperidine rings is 1. The van der Waals surface area contributed by atoms with Crippen molar-refractivity contribution in [2.24, 2.45) is 5.92 Å². The van der Waals surface area contributed by atoms with E-state index < -0.39 is 5.91 Å². The summed E-state index contributed by atoms with van der Waals surface area (Å²) in [6.07, 6.45) is 4.11. The van der Waals surface area contributed by atoms with Crippen LogP contribution in [0.4, 0.5) is 4.39 Å². The molecule has 2 atom stereocenters. The molecule has 28 heavy (non-hydrogen) atoms. The average Bonchev–Trinajstić information content (AvgIpc) is 2.73. The van der Waals surface area contributed by atoms with Crippen LogP contribution in [-0.4, -0.2) is 39.6 Å². The smallest absolute Gasteiger partial charge is 0.290 e. The van der Waals surface area contributed by atoms with Gasteiger partial charge < -0.3 is 4.90 Å². The number of likely N-dealkylation sites (tertiary alicyclic amines) is 1. The normalized spacial score (nSPS) is 18.0. The molecule has 1 fully saturated rings. The van der Waals surface area contributed by atoms with Crippen LogP contribution in [0.2, 0.25) is 0 Å². The van der Waals surface area contributed by atoms with Crippen LogP contribution in [0.3, 0.4) is 0 Å². The van der Waals surface area contributed by atoms with E-state index in [-0.39, 0.29) is 23.4 Å². The molecule has 148 valence electrons. The SMILES string of the molecule is CC[C@H](C)C(=O)C(=O)N1CCC[C@@H](c2nc(C)ncc2-c2ccc(F)cc2)C1. The van der Waals surface area contributed by atoms with Gasteiger partial charge >= 0.3 is 0 Å². The molecule has 5 nitrogen and oxygen atoms in total. The van der Waals surface area contributed by atoms with E-state index in [0.717, 1.165) is 29.7 Å². The molecule has 1 amide bonds. The fourth-order valence-corrected chi connectivity index (χ4v) is 3.59. The Bertz CT molecular complexity index is 867. The lowest BCUT2D eigenvalue weighted by molar-refractivity contribution is -0.147. The summed E-state index contributed by atoms with van der Waals surface area (Å²) >= 11 is 0. The molecule has 0 aliphatic carbocycles. The van der Waals surface area contributed by atoms with Crippen molar-refractivity contribution in [3.8, 4) is 11.1 Å². The molecule has 0 bridgehead atoms. The van der Waals surface area contributed by atoms with E-state index in [4.69, 9.17) is 0 Å². The molecular weight excluding hydrogens is 357 g/mol. The van der Waals surface area contributed by atoms with Crippen molar-refractivity contribution in [3.63, 3.8) is 0 Å². The van der Waals surface area contributed by atoms with Crippen LogP contribution in [0.1, 0.15) is 50.5 Å². The first-order valence-electron chi connectivity index (χ1n) is 9.83. The maximum atomic E-state index is 13.3. The summed E-state index contributed by atoms with van der Waals surface area (Å²) in [6.45, 7) is 6.59. The van der Waals surface area contributed by atoms with E-state index in [1.54, 1.807) is 30.2 Å². The Morgan fingerprint density at radius 2 is 2.00 bits per heavy atom. The zero-order valence-electron chi connectivity index (χ0n) is 16.6. The fraction of sp³-hybridized carbons (Fsp3) is 0.455. The van der Waals surface area contributed by atoms with Crippen molar-refractivity contribution in [1.29, 1.82) is 0 Å². The molecule has 0 unspecified atom stereocenters. The van der Waals surface area contributed by atoms with Crippen LogP contribution >= 0.6 is 0 Å². The van der Waals surface area contributed by atoms with E-state index in [9.17, 15) is 14.0 Å². The zero-order chi connectivity index (χ0) is 20.3. The highest BCUT2D eigenvalue weighted by Gasteiger charge is 2.32. The lowest BCUT2D eigenvalue weighted by atomic mass is 9.89. The lowest BCUT2D eigenvalue weighted by Gasteiger charge is -2.33. The van der Waals surface area contributed by atoms with Crippen LogP contribution in [-0.2, 0) is 9.59 Å². The first-order valence-corrected chi connectivity index (χ1v) is 9.83. The lowest BCUT2D eigenvalue weighted by Crippen LogP contribution is -2.44. The number of Topliss-reactive ketones (excluding diaryl/α,β-unsaturated/α-hetero) is 1. The molecule has 1 aliphatic rings. The minimum atomic E-state index is -0.395. The number of aromatic nitrogens is 2. The van der Waals surface area contributed by atoms with Gasteiger partial charge in [0.2, 0.25) is 5.78 Å². The Kier molecular flexibility index (Phi) is 6.17. The van der Waals surface area contributed by atoms with Crippen molar-refractivity contribution >= 4 is 11.7 Å². The van der Waals surface area contributed by atoms with Gasteiger partial charge in [-0.2, -0.15) is 0 Å². The molecular formula is C22H26FN3O2. The number of rotatable bonds is 5. The quantitative estimate of drug-likeness (QED) is 0.735. The van der Waals surface area contributed by atoms with Crippen molar-refractivity contribution in [1.82, 2.24) is 14.9 Å². The van der Waals surface area contributed by atoms with Gasteiger partial charge in [-0.3, -0.25) is 9.59 Å². The molecule has 1 aromatic carbocycles. The molecule has 0 spiro atoms. The molecule has 0 saturated carbocycles. The van der Waals surface area contributed by atoms with E-state index in [0.29, 0.717) is 25.3 Å². The number of benzene rings is 1. The number of ketones is 1. The second-order valence-electron chi connectivity index (χ2n) is 7.49. The van der Waals surface area contributed by atoms with Gasteiger partial charge in [0.15, 0.2) is 0 Å². The molecule has 6 heteroatoms. The number of hydrogen-bond donors (Lipinski definition) is 0. The Hall–Kier alpha value is -2.63. The van der Waals surface area contributed by atoms with Crippen LogP contribution in [0.15, 0.2) is 30.5 Å². The molecule has 2 heterocycles. The number of hydrogen-bond acceptors (Lipinski definition) is 4. The summed E-state index contributed by atoms with van der Waals surface area (Å²) in [5, 5.41) is 0. The molecule has 1 aromatic heterocycles. The van der Waals surface area contributed by atoms with Gasteiger partial charge in [0, 0.05) is 36.7 Å². The first-order chi connectivity index (χ1) is 13.4. The van der Waals surface area contributed by atoms with Crippen molar-refractivity contribution in [2.75, 3.05) is 13.1 Å². The fourth-order valence-electron chi connectivity index (χ4n) is 3.59. The number of carbonyl (C=O) groups is 2. The molecule has 0 radical (unpaired) electrons. The van der Waals surface area contributed by atoms with E-state index in [1.807, 2.05) is 13.8 Å². The Morgan fingerprint density at radius 3 is 2.68 bits per heavy atom. The van der Waals surface area contributed by atoms with Gasteiger partial charge in [0.1, 0.15) is 11.6 Å². The van der Waals surface area contributed by atoms with Gasteiger partial charge in [0.05, 0.1) is 5.69 Å². The third kappa shape index (κ3) is 4.26. The molecule has 1 saturated heterocycles. The zero-order valence-corrected chi connectivity index (χ0v) is 16.6. The second kappa shape index (κ2) is 8.59. The van der Waals surface area contributed by atoms with Gasteiger partial charge in [0.25, 0.3) is 5.91 Å². The predicted molar refractivity (Wildman–Crippen MR) is 105 cm³/mol. The monoisotopic (exact) mass is 383 g/mol. The number of halogens is 1. The number of carbonyl (C=O) groups excluding carboxylic acids is 2. The van der Waals surface area contributed by atoms with E-state index >= 15 is 0 Å². The summed E-state index contributed by atoms with van der Waals surface area (Å²) in [5.41, 5.74) is 2.54. The van der Waals surface area contributed by atoms with Crippen LogP contribution in [0.25, 0.3) is 11.1 Å². The largest absolute Gasteiger partial charge is 0.335 e. The standard InChI is InChI=1S/C22H26FN3O2/c1-4-14(2)21(27)22(28)26-11-5-6-17(13-26)20-19(12-24-15(3)25-20)16-7-9-18(23)10-8-16/h7-10,12,14,17H,4-6,11,13H2,1-3H3/t14-,17+/m0/s1. The highest BCUT2D eigenvalue weighted by molar-refractivity contribution is 6.36. The molecule has 0 N–H and O–H groups in total. The van der Waals surface area contributed by atoms with E-state index in [2.05, 4.69) is 9.97 Å². The number of aryl methyl sites for hydroxylation is 1. The predicted octanol–water partition coefficient (Wildman–Crippen LogP) is 3.91. The summed E-state index contributed by atoms with van der Waals surface area (Å²) in [6, 6.07) is 6.26. The molecule has 1 aliphatic heterocycles. The topological polar surface area (TPSA) is 63.2 Å². The highest BCUT2D eigenvalue weighted by Crippen LogP contribution is 2.33. The average molecular weight is 383 g/mol. The minimum absolute atomic E-state index is 0.0178. The van der Waals surface area contributed by atoms with Crippen molar-refractivity contribution < 1.29 is 14.0 Å². The maximum Gasteiger partial charge on any atom is 0.290 e. The third-order valence-electron chi connectivity index (χ3n) is 5.46. The van der Waals surface area contributed by atoms with Crippen LogP contribution < -0.4 is 0 Å². The number of amides is 1. The van der Waals surface area contributed by atoms with Gasteiger partial charge in [-0.15, -0.1) is 0 Å². The maximum absolute atomic E-state index is 13.3. The van der Waals surface area contributed by atoms with Gasteiger partial charge in [-0.05, 0) is 43.9 Å². The Balaban J connectivity index is 1.88. The summed E-state index contributed by atoms with van der Waals surface area (Å²) < 4.78 is 13.3. The summed E-state index contributed by atoms with van der Waals surface area (Å²) in [5.74, 6) is -0.599. The molecule has 3 rings (SSSR count).